The van der Waals surface area contributed by atoms with Gasteiger partial charge in [0.1, 0.15) is 5.75 Å². The summed E-state index contributed by atoms with van der Waals surface area (Å²) >= 11 is 1.67. The summed E-state index contributed by atoms with van der Waals surface area (Å²) in [7, 11) is 0. The maximum absolute atomic E-state index is 5.40. The first-order valence-electron chi connectivity index (χ1n) is 3.58. The van der Waals surface area contributed by atoms with E-state index in [1.165, 1.54) is 6.42 Å². The van der Waals surface area contributed by atoms with E-state index in [4.69, 9.17) is 4.74 Å². The molecule has 0 aromatic carbocycles. The van der Waals surface area contributed by atoms with E-state index in [1.54, 1.807) is 11.3 Å². The number of unbranched alkanes of at least 4 members (excludes halogenated alkanes) is 1. The van der Waals surface area contributed by atoms with Gasteiger partial charge in [-0.25, -0.2) is 0 Å². The number of hydrogen-bond acceptors (Lipinski definition) is 2. The van der Waals surface area contributed by atoms with Gasteiger partial charge in [-0.2, -0.15) is 0 Å². The molecule has 56 valence electrons. The van der Waals surface area contributed by atoms with Crippen LogP contribution in [0.4, 0.5) is 0 Å². The maximum atomic E-state index is 5.40. The monoisotopic (exact) mass is 156 g/mol. The molecule has 0 aliphatic heterocycles. The Labute approximate surface area is 65.6 Å². The van der Waals surface area contributed by atoms with Crippen LogP contribution in [-0.4, -0.2) is 6.61 Å². The molecule has 0 fully saturated rings. The normalized spacial score (nSPS) is 9.70. The molecule has 0 unspecified atom stereocenters. The first-order valence-corrected chi connectivity index (χ1v) is 4.52. The largest absolute Gasteiger partial charge is 0.493 e. The minimum Gasteiger partial charge on any atom is -0.493 e. The molecule has 0 saturated heterocycles. The second-order valence-electron chi connectivity index (χ2n) is 2.16. The molecule has 0 saturated carbocycles. The summed E-state index contributed by atoms with van der Waals surface area (Å²) in [5, 5.41) is 4.05. The maximum Gasteiger partial charge on any atom is 0.129 e. The van der Waals surface area contributed by atoms with E-state index in [2.05, 4.69) is 6.92 Å². The third-order valence-corrected chi connectivity index (χ3v) is 1.92. The van der Waals surface area contributed by atoms with Gasteiger partial charge >= 0.3 is 0 Å². The Bertz CT molecular complexity index is 158. The zero-order valence-electron chi connectivity index (χ0n) is 6.17. The van der Waals surface area contributed by atoms with Crippen molar-refractivity contribution in [2.75, 3.05) is 6.61 Å². The predicted octanol–water partition coefficient (Wildman–Crippen LogP) is 2.93. The highest BCUT2D eigenvalue weighted by molar-refractivity contribution is 7.08. The molecule has 1 rings (SSSR count). The average Bonchev–Trinajstić information content (AvgIpc) is 2.41. The molecule has 1 heterocycles. The lowest BCUT2D eigenvalue weighted by atomic mass is 10.4. The fourth-order valence-electron chi connectivity index (χ4n) is 0.668. The highest BCUT2D eigenvalue weighted by Crippen LogP contribution is 2.14. The minimum absolute atomic E-state index is 0.854. The molecule has 1 nitrogen and oxygen atoms in total. The zero-order valence-corrected chi connectivity index (χ0v) is 6.99. The summed E-state index contributed by atoms with van der Waals surface area (Å²) in [6.07, 6.45) is 2.35. The Morgan fingerprint density at radius 1 is 1.60 bits per heavy atom. The highest BCUT2D eigenvalue weighted by atomic mass is 32.1. The Morgan fingerprint density at radius 2 is 2.50 bits per heavy atom. The molecule has 0 aliphatic rings. The molecule has 0 bridgehead atoms. The van der Waals surface area contributed by atoms with Gasteiger partial charge in [-0.15, -0.1) is 11.3 Å². The molecule has 0 spiro atoms. The summed E-state index contributed by atoms with van der Waals surface area (Å²) in [6.45, 7) is 3.02. The highest BCUT2D eigenvalue weighted by Gasteiger charge is 1.90. The second-order valence-corrected chi connectivity index (χ2v) is 2.94. The smallest absolute Gasteiger partial charge is 0.129 e. The van der Waals surface area contributed by atoms with Gasteiger partial charge in [0.05, 0.1) is 6.61 Å². The number of thiophene rings is 1. The molecular weight excluding hydrogens is 144 g/mol. The van der Waals surface area contributed by atoms with Crippen molar-refractivity contribution in [3.63, 3.8) is 0 Å². The molecule has 10 heavy (non-hydrogen) atoms. The van der Waals surface area contributed by atoms with Crippen molar-refractivity contribution in [1.29, 1.82) is 0 Å². The Morgan fingerprint density at radius 3 is 3.10 bits per heavy atom. The van der Waals surface area contributed by atoms with Crippen LogP contribution in [0.5, 0.6) is 5.75 Å². The Hall–Kier alpha value is -0.500. The van der Waals surface area contributed by atoms with Gasteiger partial charge < -0.3 is 4.74 Å². The lowest BCUT2D eigenvalue weighted by molar-refractivity contribution is 0.310. The number of hydrogen-bond donors (Lipinski definition) is 0. The van der Waals surface area contributed by atoms with Crippen LogP contribution in [0.3, 0.4) is 0 Å². The van der Waals surface area contributed by atoms with E-state index in [0.29, 0.717) is 0 Å². The van der Waals surface area contributed by atoms with E-state index in [9.17, 15) is 0 Å². The Kier molecular flexibility index (Phi) is 3.30. The molecule has 2 heteroatoms. The van der Waals surface area contributed by atoms with E-state index >= 15 is 0 Å². The van der Waals surface area contributed by atoms with Crippen molar-refractivity contribution in [2.24, 2.45) is 0 Å². The molecular formula is C8H12OS. The van der Waals surface area contributed by atoms with Gasteiger partial charge in [-0.05, 0) is 17.9 Å². The summed E-state index contributed by atoms with van der Waals surface area (Å²) in [6, 6.07) is 2.00. The van der Waals surface area contributed by atoms with E-state index in [-0.39, 0.29) is 0 Å². The molecule has 0 atom stereocenters. The molecule has 0 N–H and O–H groups in total. The minimum atomic E-state index is 0.854. The van der Waals surface area contributed by atoms with Crippen LogP contribution in [0.2, 0.25) is 0 Å². The van der Waals surface area contributed by atoms with Crippen molar-refractivity contribution in [3.8, 4) is 5.75 Å². The van der Waals surface area contributed by atoms with Crippen LogP contribution in [0.15, 0.2) is 16.8 Å². The van der Waals surface area contributed by atoms with Crippen LogP contribution >= 0.6 is 11.3 Å². The van der Waals surface area contributed by atoms with Crippen molar-refractivity contribution in [3.05, 3.63) is 16.8 Å². The SMILES string of the molecule is CCCCOc1ccsc1. The molecule has 0 amide bonds. The molecule has 1 aromatic rings. The average molecular weight is 156 g/mol. The fraction of sp³-hybridized carbons (Fsp3) is 0.500. The van der Waals surface area contributed by atoms with Crippen molar-refractivity contribution < 1.29 is 4.74 Å². The summed E-state index contributed by atoms with van der Waals surface area (Å²) in [4.78, 5) is 0. The van der Waals surface area contributed by atoms with Gasteiger partial charge in [-0.1, -0.05) is 13.3 Å². The van der Waals surface area contributed by atoms with Crippen molar-refractivity contribution in [1.82, 2.24) is 0 Å². The van der Waals surface area contributed by atoms with Crippen LogP contribution in [0.1, 0.15) is 19.8 Å². The Balaban J connectivity index is 2.15. The van der Waals surface area contributed by atoms with Crippen LogP contribution in [-0.2, 0) is 0 Å². The second kappa shape index (κ2) is 4.34. The van der Waals surface area contributed by atoms with Gasteiger partial charge in [0.2, 0.25) is 0 Å². The lowest BCUT2D eigenvalue weighted by Gasteiger charge is -1.99. The molecule has 1 aromatic heterocycles. The summed E-state index contributed by atoms with van der Waals surface area (Å²) in [5.74, 6) is 1.01. The number of rotatable bonds is 4. The van der Waals surface area contributed by atoms with Crippen molar-refractivity contribution >= 4 is 11.3 Å². The van der Waals surface area contributed by atoms with E-state index in [1.807, 2.05) is 16.8 Å². The number of ether oxygens (including phenoxy) is 1. The standard InChI is InChI=1S/C8H12OS/c1-2-3-5-9-8-4-6-10-7-8/h4,6-7H,2-3,5H2,1H3. The quantitative estimate of drug-likeness (QED) is 0.609. The summed E-state index contributed by atoms with van der Waals surface area (Å²) < 4.78 is 5.40. The first-order chi connectivity index (χ1) is 4.93. The van der Waals surface area contributed by atoms with Gasteiger partial charge in [0.25, 0.3) is 0 Å². The lowest BCUT2D eigenvalue weighted by Crippen LogP contribution is -1.94. The zero-order chi connectivity index (χ0) is 7.23. The van der Waals surface area contributed by atoms with Crippen LogP contribution in [0, 0.1) is 0 Å². The fourth-order valence-corrected chi connectivity index (χ4v) is 1.24. The van der Waals surface area contributed by atoms with E-state index in [0.717, 1.165) is 18.8 Å². The molecule has 0 radical (unpaired) electrons. The first kappa shape index (κ1) is 7.61. The third kappa shape index (κ3) is 2.40. The van der Waals surface area contributed by atoms with Crippen LogP contribution < -0.4 is 4.74 Å². The summed E-state index contributed by atoms with van der Waals surface area (Å²) in [5.41, 5.74) is 0. The van der Waals surface area contributed by atoms with Crippen molar-refractivity contribution in [2.45, 2.75) is 19.8 Å². The van der Waals surface area contributed by atoms with E-state index < -0.39 is 0 Å². The molecule has 0 aliphatic carbocycles. The topological polar surface area (TPSA) is 9.23 Å². The van der Waals surface area contributed by atoms with Crippen LogP contribution in [0.25, 0.3) is 0 Å². The van der Waals surface area contributed by atoms with Gasteiger partial charge in [-0.3, -0.25) is 0 Å². The van der Waals surface area contributed by atoms with Gasteiger partial charge in [0, 0.05) is 5.38 Å². The third-order valence-electron chi connectivity index (χ3n) is 1.26. The van der Waals surface area contributed by atoms with Gasteiger partial charge in [0.15, 0.2) is 0 Å². The predicted molar refractivity (Wildman–Crippen MR) is 44.7 cm³/mol.